The number of amides is 2. The molecule has 2 amide bonds. The Morgan fingerprint density at radius 3 is 2.52 bits per heavy atom. The van der Waals surface area contributed by atoms with Crippen LogP contribution in [0.15, 0.2) is 97.5 Å². The Bertz CT molecular complexity index is 1750. The largest absolute Gasteiger partial charge is 0.445 e. The predicted molar refractivity (Wildman–Crippen MR) is 160 cm³/mol. The average molecular weight is 560 g/mol. The Balaban J connectivity index is 1.18. The van der Waals surface area contributed by atoms with Gasteiger partial charge in [0.1, 0.15) is 35.3 Å². The average Bonchev–Trinajstić information content (AvgIpc) is 3.42. The Hall–Kier alpha value is -5.51. The molecule has 42 heavy (non-hydrogen) atoms. The Morgan fingerprint density at radius 2 is 1.79 bits per heavy atom. The molecule has 1 unspecified atom stereocenters. The summed E-state index contributed by atoms with van der Waals surface area (Å²) in [5, 5.41) is 5.76. The normalized spacial score (nSPS) is 14.7. The summed E-state index contributed by atoms with van der Waals surface area (Å²) < 4.78 is 7.33. The van der Waals surface area contributed by atoms with Crippen LogP contribution in [0.1, 0.15) is 41.0 Å². The van der Waals surface area contributed by atoms with Gasteiger partial charge in [-0.1, -0.05) is 54.6 Å². The topological polar surface area (TPSA) is 137 Å². The quantitative estimate of drug-likeness (QED) is 0.240. The van der Waals surface area contributed by atoms with Crippen LogP contribution in [-0.4, -0.2) is 37.4 Å². The van der Waals surface area contributed by atoms with Gasteiger partial charge in [0.05, 0.1) is 0 Å². The van der Waals surface area contributed by atoms with Gasteiger partial charge in [0.2, 0.25) is 0 Å². The summed E-state index contributed by atoms with van der Waals surface area (Å²) in [6.45, 7) is 0.231. The molecule has 4 N–H and O–H groups in total. The number of imidazole rings is 1. The van der Waals surface area contributed by atoms with Crippen molar-refractivity contribution in [1.29, 1.82) is 0 Å². The third-order valence-electron chi connectivity index (χ3n) is 7.14. The fourth-order valence-electron chi connectivity index (χ4n) is 5.00. The number of nitrogens with zero attached hydrogens (tertiary/aromatic N) is 4. The first kappa shape index (κ1) is 26.7. The van der Waals surface area contributed by atoms with E-state index in [-0.39, 0.29) is 18.6 Å². The van der Waals surface area contributed by atoms with E-state index >= 15 is 0 Å². The second-order valence-corrected chi connectivity index (χ2v) is 9.97. The van der Waals surface area contributed by atoms with E-state index in [4.69, 9.17) is 15.5 Å². The minimum Gasteiger partial charge on any atom is -0.445 e. The zero-order chi connectivity index (χ0) is 28.9. The van der Waals surface area contributed by atoms with Crippen molar-refractivity contribution >= 4 is 34.7 Å². The fourth-order valence-corrected chi connectivity index (χ4v) is 5.00. The van der Waals surface area contributed by atoms with E-state index < -0.39 is 6.09 Å². The molecule has 0 spiro atoms. The van der Waals surface area contributed by atoms with Gasteiger partial charge in [-0.05, 0) is 54.7 Å². The van der Waals surface area contributed by atoms with Crippen LogP contribution in [0.25, 0.3) is 22.3 Å². The molecule has 6 rings (SSSR count). The van der Waals surface area contributed by atoms with E-state index in [0.29, 0.717) is 34.8 Å². The van der Waals surface area contributed by atoms with E-state index in [9.17, 15) is 9.59 Å². The van der Waals surface area contributed by atoms with Gasteiger partial charge in [-0.3, -0.25) is 9.20 Å². The van der Waals surface area contributed by atoms with Crippen LogP contribution < -0.4 is 16.4 Å². The molecule has 1 aliphatic rings. The first-order valence-electron chi connectivity index (χ1n) is 13.7. The zero-order valence-electron chi connectivity index (χ0n) is 22.7. The van der Waals surface area contributed by atoms with Crippen LogP contribution in [0.3, 0.4) is 0 Å². The second-order valence-electron chi connectivity index (χ2n) is 9.97. The van der Waals surface area contributed by atoms with Gasteiger partial charge in [0.15, 0.2) is 0 Å². The highest BCUT2D eigenvalue weighted by atomic mass is 16.5. The van der Waals surface area contributed by atoms with Gasteiger partial charge in [0, 0.05) is 35.8 Å². The molecule has 3 heterocycles. The summed E-state index contributed by atoms with van der Waals surface area (Å²) >= 11 is 0. The third kappa shape index (κ3) is 5.83. The van der Waals surface area contributed by atoms with Crippen LogP contribution in [0.5, 0.6) is 0 Å². The van der Waals surface area contributed by atoms with Crippen molar-refractivity contribution in [2.75, 3.05) is 11.1 Å². The van der Waals surface area contributed by atoms with Crippen LogP contribution in [0, 0.1) is 0 Å². The Morgan fingerprint density at radius 1 is 0.976 bits per heavy atom. The number of carbonyl (C=O) groups excluding carboxylic acids is 2. The number of benzene rings is 2. The zero-order valence-corrected chi connectivity index (χ0v) is 22.7. The molecule has 2 aromatic carbocycles. The number of hydrogen-bond acceptors (Lipinski definition) is 7. The summed E-state index contributed by atoms with van der Waals surface area (Å²) in [5.41, 5.74) is 11.0. The maximum absolute atomic E-state index is 12.7. The fraction of sp³-hybridized carbons (Fsp3) is 0.156. The van der Waals surface area contributed by atoms with Gasteiger partial charge in [-0.2, -0.15) is 0 Å². The molecule has 210 valence electrons. The molecular formula is C32H29N7O3. The van der Waals surface area contributed by atoms with Crippen molar-refractivity contribution in [3.8, 4) is 11.3 Å². The number of nitrogens with two attached hydrogens (primary N) is 1. The van der Waals surface area contributed by atoms with Gasteiger partial charge in [-0.15, -0.1) is 0 Å². The minimum absolute atomic E-state index is 0.0285. The van der Waals surface area contributed by atoms with Crippen molar-refractivity contribution in [2.45, 2.75) is 31.9 Å². The van der Waals surface area contributed by atoms with Crippen molar-refractivity contribution < 1.29 is 14.3 Å². The number of nitrogen functional groups attached to an aromatic ring is 1. The van der Waals surface area contributed by atoms with Crippen molar-refractivity contribution in [3.05, 3.63) is 114 Å². The van der Waals surface area contributed by atoms with E-state index in [0.717, 1.165) is 35.4 Å². The van der Waals surface area contributed by atoms with Gasteiger partial charge < -0.3 is 21.1 Å². The molecule has 10 nitrogen and oxygen atoms in total. The van der Waals surface area contributed by atoms with E-state index in [2.05, 4.69) is 26.7 Å². The second kappa shape index (κ2) is 11.9. The molecule has 5 aromatic rings. The summed E-state index contributed by atoms with van der Waals surface area (Å²) in [7, 11) is 0. The number of anilines is 2. The minimum atomic E-state index is -0.426. The molecule has 3 aromatic heterocycles. The number of ether oxygens (including phenoxy) is 1. The van der Waals surface area contributed by atoms with Crippen molar-refractivity contribution in [2.24, 2.45) is 0 Å². The molecule has 0 aliphatic heterocycles. The Labute approximate surface area is 242 Å². The molecule has 0 saturated carbocycles. The number of allylic oxidation sites excluding steroid dienone is 1. The highest BCUT2D eigenvalue weighted by Crippen LogP contribution is 2.34. The summed E-state index contributed by atoms with van der Waals surface area (Å²) in [6.07, 6.45) is 8.92. The van der Waals surface area contributed by atoms with Gasteiger partial charge in [-0.25, -0.2) is 19.7 Å². The van der Waals surface area contributed by atoms with Crippen LogP contribution >= 0.6 is 0 Å². The molecule has 0 bridgehead atoms. The van der Waals surface area contributed by atoms with E-state index in [1.807, 2.05) is 59.1 Å². The molecule has 0 fully saturated rings. The lowest BCUT2D eigenvalue weighted by atomic mass is 9.95. The lowest BCUT2D eigenvalue weighted by Crippen LogP contribution is -2.36. The SMILES string of the molecule is Nc1nccn2c(C3=CCC(NC(=O)OCc4ccccc4)CC3)nc(-c3ccc(C(=O)Nc4ccccn4)cc3)c12. The number of rotatable bonds is 7. The first-order chi connectivity index (χ1) is 20.5. The summed E-state index contributed by atoms with van der Waals surface area (Å²) in [5.74, 6) is 1.37. The lowest BCUT2D eigenvalue weighted by molar-refractivity contribution is 0.102. The van der Waals surface area contributed by atoms with Crippen molar-refractivity contribution in [1.82, 2.24) is 24.7 Å². The molecule has 1 aliphatic carbocycles. The van der Waals surface area contributed by atoms with Crippen LogP contribution in [0.4, 0.5) is 16.4 Å². The van der Waals surface area contributed by atoms with Crippen LogP contribution in [-0.2, 0) is 11.3 Å². The predicted octanol–water partition coefficient (Wildman–Crippen LogP) is 5.49. The lowest BCUT2D eigenvalue weighted by Gasteiger charge is -2.22. The van der Waals surface area contributed by atoms with Gasteiger partial charge >= 0.3 is 6.09 Å². The number of pyridine rings is 1. The third-order valence-corrected chi connectivity index (χ3v) is 7.14. The first-order valence-corrected chi connectivity index (χ1v) is 13.7. The molecule has 10 heteroatoms. The molecular weight excluding hydrogens is 530 g/mol. The monoisotopic (exact) mass is 559 g/mol. The summed E-state index contributed by atoms with van der Waals surface area (Å²) in [4.78, 5) is 38.5. The molecule has 1 atom stereocenters. The summed E-state index contributed by atoms with van der Waals surface area (Å²) in [6, 6.07) is 22.1. The Kier molecular flexibility index (Phi) is 7.58. The number of hydrogen-bond donors (Lipinski definition) is 3. The van der Waals surface area contributed by atoms with E-state index in [1.165, 1.54) is 0 Å². The maximum atomic E-state index is 12.7. The van der Waals surface area contributed by atoms with Gasteiger partial charge in [0.25, 0.3) is 5.91 Å². The highest BCUT2D eigenvalue weighted by molar-refractivity contribution is 6.04. The standard InChI is InChI=1S/C32H29N7O3/c33-29-28-27(22-9-11-24(12-10-22)31(40)37-26-8-4-5-17-34-26)38-30(39(28)19-18-35-29)23-13-15-25(16-14-23)36-32(41)42-20-21-6-2-1-3-7-21/h1-13,17-19,25H,14-16,20H2,(H2,33,35)(H,36,41)(H,34,37,40). The van der Waals surface area contributed by atoms with Crippen molar-refractivity contribution in [3.63, 3.8) is 0 Å². The number of fused-ring (bicyclic) bond motifs is 1. The smallest absolute Gasteiger partial charge is 0.407 e. The number of alkyl carbamates (subject to hydrolysis) is 1. The number of nitrogens with one attached hydrogen (secondary N) is 2. The number of carbonyl (C=O) groups is 2. The van der Waals surface area contributed by atoms with Crippen LogP contribution in [0.2, 0.25) is 0 Å². The highest BCUT2D eigenvalue weighted by Gasteiger charge is 2.23. The number of aromatic nitrogens is 4. The van der Waals surface area contributed by atoms with E-state index in [1.54, 1.807) is 36.7 Å². The molecule has 0 saturated heterocycles. The maximum Gasteiger partial charge on any atom is 0.407 e. The molecule has 0 radical (unpaired) electrons.